The van der Waals surface area contributed by atoms with E-state index in [1.807, 2.05) is 56.4 Å². The zero-order chi connectivity index (χ0) is 28.4. The summed E-state index contributed by atoms with van der Waals surface area (Å²) in [5.41, 5.74) is 1.72. The van der Waals surface area contributed by atoms with E-state index < -0.39 is 6.10 Å². The van der Waals surface area contributed by atoms with Crippen molar-refractivity contribution in [2.24, 2.45) is 11.3 Å². The van der Waals surface area contributed by atoms with Crippen molar-refractivity contribution >= 4 is 12.1 Å². The molecule has 0 saturated carbocycles. The number of pyridine rings is 1. The van der Waals surface area contributed by atoms with Crippen molar-refractivity contribution in [3.8, 4) is 0 Å². The zero-order valence-corrected chi connectivity index (χ0v) is 24.6. The van der Waals surface area contributed by atoms with Crippen LogP contribution < -0.4 is 0 Å². The molecule has 3 rings (SSSR count). The lowest BCUT2D eigenvalue weighted by molar-refractivity contribution is -0.149. The van der Waals surface area contributed by atoms with Crippen LogP contribution in [-0.2, 0) is 14.3 Å². The predicted molar refractivity (Wildman–Crippen MR) is 155 cm³/mol. The Morgan fingerprint density at radius 3 is 2.62 bits per heavy atom. The van der Waals surface area contributed by atoms with E-state index in [2.05, 4.69) is 43.8 Å². The maximum atomic E-state index is 13.1. The molecule has 214 valence electrons. The molecule has 1 amide bonds. The summed E-state index contributed by atoms with van der Waals surface area (Å²) < 4.78 is 12.1. The molecule has 1 aromatic heterocycles. The molecule has 1 saturated heterocycles. The van der Waals surface area contributed by atoms with E-state index in [4.69, 9.17) is 9.47 Å². The average molecular weight is 538 g/mol. The lowest BCUT2D eigenvalue weighted by Crippen LogP contribution is -2.48. The molecule has 1 fully saturated rings. The zero-order valence-electron chi connectivity index (χ0n) is 24.6. The number of esters is 1. The quantitative estimate of drug-likeness (QED) is 0.255. The molecule has 7 nitrogen and oxygen atoms in total. The number of hydrogen-bond acceptors (Lipinski definition) is 6. The van der Waals surface area contributed by atoms with Gasteiger partial charge in [0.05, 0.1) is 0 Å². The Bertz CT molecular complexity index is 1030. The van der Waals surface area contributed by atoms with Crippen LogP contribution in [0.15, 0.2) is 60.3 Å². The number of ether oxygens (including phenoxy) is 2. The highest BCUT2D eigenvalue weighted by Crippen LogP contribution is 2.33. The Morgan fingerprint density at radius 1 is 1.18 bits per heavy atom. The summed E-state index contributed by atoms with van der Waals surface area (Å²) in [5.74, 6) is -0.0912. The molecule has 7 heteroatoms. The number of rotatable bonds is 5. The highest BCUT2D eigenvalue weighted by molar-refractivity contribution is 5.70. The van der Waals surface area contributed by atoms with Gasteiger partial charge in [0.2, 0.25) is 0 Å². The minimum Gasteiger partial charge on any atom is -0.457 e. The van der Waals surface area contributed by atoms with Gasteiger partial charge in [0.25, 0.3) is 0 Å². The first-order chi connectivity index (χ1) is 18.6. The van der Waals surface area contributed by atoms with Crippen LogP contribution in [0.1, 0.15) is 71.9 Å². The first-order valence-corrected chi connectivity index (χ1v) is 14.3. The summed E-state index contributed by atoms with van der Waals surface area (Å²) in [4.78, 5) is 34.2. The van der Waals surface area contributed by atoms with Crippen molar-refractivity contribution in [1.82, 2.24) is 14.8 Å². The van der Waals surface area contributed by atoms with Gasteiger partial charge in [0, 0.05) is 61.7 Å². The monoisotopic (exact) mass is 537 g/mol. The molecule has 3 heterocycles. The van der Waals surface area contributed by atoms with E-state index in [1.165, 1.54) is 0 Å². The van der Waals surface area contributed by atoms with E-state index in [0.717, 1.165) is 43.6 Å². The van der Waals surface area contributed by atoms with Crippen molar-refractivity contribution in [1.29, 1.82) is 0 Å². The molecule has 0 spiro atoms. The SMILES string of the molecule is C/C(=C\C=C\[C@@H](C)c1ccccn1)[C@H]1OC(=O)CCCCC(C)(C)[C@@H](OC(=O)N2CCN(C)CC2)/C=C/[C@@H]1C. The molecule has 4 atom stereocenters. The smallest absolute Gasteiger partial charge is 0.410 e. The summed E-state index contributed by atoms with van der Waals surface area (Å²) in [6.45, 7) is 13.5. The third-order valence-corrected chi connectivity index (χ3v) is 7.90. The van der Waals surface area contributed by atoms with Gasteiger partial charge in [-0.25, -0.2) is 4.79 Å². The molecular weight excluding hydrogens is 490 g/mol. The maximum absolute atomic E-state index is 13.1. The summed E-state index contributed by atoms with van der Waals surface area (Å²) in [6, 6.07) is 5.92. The average Bonchev–Trinajstić information content (AvgIpc) is 2.91. The van der Waals surface area contributed by atoms with E-state index >= 15 is 0 Å². The van der Waals surface area contributed by atoms with Gasteiger partial charge in [0.1, 0.15) is 12.2 Å². The highest BCUT2D eigenvalue weighted by atomic mass is 16.6. The molecule has 1 aromatic rings. The van der Waals surface area contributed by atoms with E-state index in [9.17, 15) is 9.59 Å². The number of nitrogens with zero attached hydrogens (tertiary/aromatic N) is 3. The Morgan fingerprint density at radius 2 is 1.92 bits per heavy atom. The molecule has 0 radical (unpaired) electrons. The third-order valence-electron chi connectivity index (χ3n) is 7.90. The Kier molecular flexibility index (Phi) is 11.3. The second-order valence-corrected chi connectivity index (χ2v) is 11.8. The first-order valence-electron chi connectivity index (χ1n) is 14.3. The van der Waals surface area contributed by atoms with Crippen LogP contribution in [-0.4, -0.2) is 72.3 Å². The summed E-state index contributed by atoms with van der Waals surface area (Å²) in [5, 5.41) is 0. The minimum atomic E-state index is -0.403. The largest absolute Gasteiger partial charge is 0.457 e. The Balaban J connectivity index is 1.77. The maximum Gasteiger partial charge on any atom is 0.410 e. The van der Waals surface area contributed by atoms with E-state index in [-0.39, 0.29) is 35.4 Å². The number of carbonyl (C=O) groups excluding carboxylic acids is 2. The van der Waals surface area contributed by atoms with Crippen LogP contribution in [0, 0.1) is 11.3 Å². The fourth-order valence-electron chi connectivity index (χ4n) is 5.03. The number of carbonyl (C=O) groups is 2. The lowest BCUT2D eigenvalue weighted by atomic mass is 9.80. The second-order valence-electron chi connectivity index (χ2n) is 11.8. The third kappa shape index (κ3) is 9.34. The van der Waals surface area contributed by atoms with Crippen molar-refractivity contribution in [2.45, 2.75) is 78.4 Å². The topological polar surface area (TPSA) is 72.0 Å². The molecule has 39 heavy (non-hydrogen) atoms. The van der Waals surface area contributed by atoms with Crippen molar-refractivity contribution in [2.75, 3.05) is 33.2 Å². The van der Waals surface area contributed by atoms with Gasteiger partial charge in [-0.15, -0.1) is 0 Å². The van der Waals surface area contributed by atoms with Gasteiger partial charge in [0.15, 0.2) is 0 Å². The Hall–Kier alpha value is -2.93. The molecule has 2 aliphatic rings. The molecule has 0 bridgehead atoms. The van der Waals surface area contributed by atoms with Crippen LogP contribution in [0.25, 0.3) is 0 Å². The van der Waals surface area contributed by atoms with E-state index in [1.54, 1.807) is 11.1 Å². The first kappa shape index (κ1) is 30.6. The fraction of sp³-hybridized carbons (Fsp3) is 0.594. The van der Waals surface area contributed by atoms with Gasteiger partial charge in [-0.05, 0) is 50.6 Å². The number of piperazine rings is 1. The number of amides is 1. The number of likely N-dealkylation sites (N-methyl/N-ethyl adjacent to an activating group) is 1. The minimum absolute atomic E-state index is 0.0909. The standard InChI is InChI=1S/C32H47N3O4/c1-24(27-14-8-10-19-33-27)12-11-13-25(2)30-26(3)16-17-28(32(4,5)18-9-7-15-29(36)39-30)38-31(37)35-22-20-34(6)21-23-35/h8,10-14,16-17,19,24,26,28,30H,7,9,15,18,20-23H2,1-6H3/b12-11+,17-16+,25-13+/t24-,26+,28+,30-/m1/s1. The second kappa shape index (κ2) is 14.5. The number of hydrogen-bond donors (Lipinski definition) is 0. The van der Waals surface area contributed by atoms with Gasteiger partial charge >= 0.3 is 12.1 Å². The van der Waals surface area contributed by atoms with Crippen LogP contribution in [0.5, 0.6) is 0 Å². The lowest BCUT2D eigenvalue weighted by Gasteiger charge is -2.36. The Labute approximate surface area is 234 Å². The van der Waals surface area contributed by atoms with Crippen LogP contribution in [0.4, 0.5) is 4.79 Å². The van der Waals surface area contributed by atoms with Crippen LogP contribution in [0.3, 0.4) is 0 Å². The molecule has 0 unspecified atom stereocenters. The van der Waals surface area contributed by atoms with Gasteiger partial charge < -0.3 is 19.3 Å². The van der Waals surface area contributed by atoms with Gasteiger partial charge in [-0.2, -0.15) is 0 Å². The summed E-state index contributed by atoms with van der Waals surface area (Å²) >= 11 is 0. The summed E-state index contributed by atoms with van der Waals surface area (Å²) in [7, 11) is 2.07. The van der Waals surface area contributed by atoms with Gasteiger partial charge in [-0.1, -0.05) is 64.5 Å². The number of allylic oxidation sites excluding steroid dienone is 3. The number of cyclic esters (lactones) is 1. The molecule has 2 aliphatic heterocycles. The number of aromatic nitrogens is 1. The van der Waals surface area contributed by atoms with Crippen molar-refractivity contribution < 1.29 is 19.1 Å². The van der Waals surface area contributed by atoms with Crippen LogP contribution >= 0.6 is 0 Å². The predicted octanol–water partition coefficient (Wildman–Crippen LogP) is 6.14. The highest BCUT2D eigenvalue weighted by Gasteiger charge is 2.34. The van der Waals surface area contributed by atoms with Gasteiger partial charge in [-0.3, -0.25) is 9.78 Å². The molecule has 0 aliphatic carbocycles. The van der Waals surface area contributed by atoms with Crippen LogP contribution in [0.2, 0.25) is 0 Å². The summed E-state index contributed by atoms with van der Waals surface area (Å²) in [6.07, 6.45) is 13.8. The van der Waals surface area contributed by atoms with E-state index in [0.29, 0.717) is 19.5 Å². The normalized spacial score (nSPS) is 27.2. The van der Waals surface area contributed by atoms with Crippen molar-refractivity contribution in [3.63, 3.8) is 0 Å². The molecule has 0 N–H and O–H groups in total. The van der Waals surface area contributed by atoms with Crippen molar-refractivity contribution in [3.05, 3.63) is 66.0 Å². The molecular formula is C32H47N3O4. The fourth-order valence-corrected chi connectivity index (χ4v) is 5.03. The molecule has 0 aromatic carbocycles.